The van der Waals surface area contributed by atoms with Crippen molar-refractivity contribution in [3.8, 4) is 0 Å². The van der Waals surface area contributed by atoms with Gasteiger partial charge in [-0.25, -0.2) is 0 Å². The summed E-state index contributed by atoms with van der Waals surface area (Å²) in [6.07, 6.45) is 1.62. The molecule has 0 spiro atoms. The number of ketones is 1. The molecule has 2 nitrogen and oxygen atoms in total. The van der Waals surface area contributed by atoms with Crippen LogP contribution in [0.4, 0.5) is 0 Å². The molecule has 0 aromatic heterocycles. The van der Waals surface area contributed by atoms with E-state index in [-0.39, 0.29) is 11.7 Å². The lowest BCUT2D eigenvalue weighted by atomic mass is 9.79. The van der Waals surface area contributed by atoms with Gasteiger partial charge < -0.3 is 5.11 Å². The Hall–Kier alpha value is -1.15. The van der Waals surface area contributed by atoms with E-state index in [0.29, 0.717) is 5.56 Å². The lowest BCUT2D eigenvalue weighted by Gasteiger charge is -2.30. The number of hydrogen-bond donors (Lipinski definition) is 1. The third-order valence-electron chi connectivity index (χ3n) is 3.28. The predicted molar refractivity (Wildman–Crippen MR) is 65.5 cm³/mol. The summed E-state index contributed by atoms with van der Waals surface area (Å²) >= 11 is 0. The normalized spacial score (nSPS) is 14.8. The summed E-state index contributed by atoms with van der Waals surface area (Å²) in [7, 11) is 0. The number of rotatable bonds is 5. The zero-order chi connectivity index (χ0) is 12.2. The van der Waals surface area contributed by atoms with Crippen LogP contribution in [0.1, 0.15) is 44.0 Å². The monoisotopic (exact) mass is 220 g/mol. The van der Waals surface area contributed by atoms with Crippen LogP contribution in [0.2, 0.25) is 0 Å². The second-order valence-corrected chi connectivity index (χ2v) is 4.36. The molecule has 0 saturated carbocycles. The molecule has 1 unspecified atom stereocenters. The Kier molecular flexibility index (Phi) is 4.25. The Morgan fingerprint density at radius 2 is 1.75 bits per heavy atom. The first-order valence-electron chi connectivity index (χ1n) is 5.86. The zero-order valence-electron chi connectivity index (χ0n) is 10.2. The van der Waals surface area contributed by atoms with Crippen LogP contribution < -0.4 is 0 Å². The number of hydrogen-bond acceptors (Lipinski definition) is 2. The zero-order valence-corrected chi connectivity index (χ0v) is 10.2. The first-order chi connectivity index (χ1) is 7.54. The van der Waals surface area contributed by atoms with Gasteiger partial charge in [-0.3, -0.25) is 4.79 Å². The van der Waals surface area contributed by atoms with Gasteiger partial charge >= 0.3 is 0 Å². The van der Waals surface area contributed by atoms with Crippen LogP contribution in [0.5, 0.6) is 0 Å². The van der Waals surface area contributed by atoms with E-state index in [1.807, 2.05) is 32.0 Å². The van der Waals surface area contributed by atoms with Crippen LogP contribution in [0, 0.1) is 5.92 Å². The van der Waals surface area contributed by atoms with Crippen molar-refractivity contribution in [3.63, 3.8) is 0 Å². The Morgan fingerprint density at radius 3 is 2.19 bits per heavy atom. The summed E-state index contributed by atoms with van der Waals surface area (Å²) in [4.78, 5) is 12.2. The van der Waals surface area contributed by atoms with Gasteiger partial charge in [-0.15, -0.1) is 0 Å². The average molecular weight is 220 g/mol. The quantitative estimate of drug-likeness (QED) is 0.774. The van der Waals surface area contributed by atoms with Crippen molar-refractivity contribution in [2.45, 2.75) is 39.2 Å². The molecule has 0 heterocycles. The van der Waals surface area contributed by atoms with Gasteiger partial charge in [-0.2, -0.15) is 0 Å². The Labute approximate surface area is 97.3 Å². The fraction of sp³-hybridized carbons (Fsp3) is 0.500. The third kappa shape index (κ3) is 2.50. The highest BCUT2D eigenvalue weighted by molar-refractivity contribution is 6.02. The molecule has 0 aliphatic carbocycles. The van der Waals surface area contributed by atoms with Gasteiger partial charge in [0.2, 0.25) is 0 Å². The van der Waals surface area contributed by atoms with Crippen molar-refractivity contribution in [3.05, 3.63) is 35.9 Å². The molecule has 1 aromatic rings. The molecule has 0 fully saturated rings. The van der Waals surface area contributed by atoms with Crippen LogP contribution in [0.15, 0.2) is 30.3 Å². The Balaban J connectivity index is 2.96. The lowest BCUT2D eigenvalue weighted by molar-refractivity contribution is 0.00612. The van der Waals surface area contributed by atoms with E-state index in [9.17, 15) is 9.90 Å². The first-order valence-corrected chi connectivity index (χ1v) is 5.86. The molecule has 16 heavy (non-hydrogen) atoms. The maximum Gasteiger partial charge on any atom is 0.194 e. The van der Waals surface area contributed by atoms with Gasteiger partial charge in [-0.1, -0.05) is 57.0 Å². The number of aliphatic hydroxyl groups is 1. The van der Waals surface area contributed by atoms with Crippen molar-refractivity contribution in [1.29, 1.82) is 0 Å². The summed E-state index contributed by atoms with van der Waals surface area (Å²) < 4.78 is 0. The molecular weight excluding hydrogens is 200 g/mol. The summed E-state index contributed by atoms with van der Waals surface area (Å²) in [6.45, 7) is 5.63. The third-order valence-corrected chi connectivity index (χ3v) is 3.28. The van der Waals surface area contributed by atoms with Gasteiger partial charge in [0.05, 0.1) is 0 Å². The Morgan fingerprint density at radius 1 is 1.25 bits per heavy atom. The van der Waals surface area contributed by atoms with E-state index in [4.69, 9.17) is 0 Å². The second kappa shape index (κ2) is 5.26. The van der Waals surface area contributed by atoms with Gasteiger partial charge in [0.1, 0.15) is 5.60 Å². The molecule has 0 amide bonds. The highest BCUT2D eigenvalue weighted by Crippen LogP contribution is 2.27. The molecule has 1 atom stereocenters. The topological polar surface area (TPSA) is 37.3 Å². The van der Waals surface area contributed by atoms with Gasteiger partial charge in [0.15, 0.2) is 5.78 Å². The van der Waals surface area contributed by atoms with Gasteiger partial charge in [0.25, 0.3) is 0 Å². The average Bonchev–Trinajstić information content (AvgIpc) is 2.30. The minimum absolute atomic E-state index is 0.0141. The number of carbonyl (C=O) groups is 1. The molecule has 0 aliphatic rings. The molecule has 1 N–H and O–H groups in total. The minimum Gasteiger partial charge on any atom is -0.382 e. The molecule has 0 saturated heterocycles. The second-order valence-electron chi connectivity index (χ2n) is 4.36. The van der Waals surface area contributed by atoms with Crippen LogP contribution in [0.3, 0.4) is 0 Å². The SMILES string of the molecule is CCC(CC)C(C)(O)C(=O)c1ccccc1. The summed E-state index contributed by atoms with van der Waals surface area (Å²) in [6, 6.07) is 8.99. The van der Waals surface area contributed by atoms with E-state index in [1.165, 1.54) is 0 Å². The van der Waals surface area contributed by atoms with Crippen molar-refractivity contribution in [2.75, 3.05) is 0 Å². The Bertz CT molecular complexity index is 337. The minimum atomic E-state index is -1.26. The van der Waals surface area contributed by atoms with Crippen molar-refractivity contribution in [1.82, 2.24) is 0 Å². The van der Waals surface area contributed by atoms with E-state index < -0.39 is 5.60 Å². The van der Waals surface area contributed by atoms with E-state index in [2.05, 4.69) is 0 Å². The highest BCUT2D eigenvalue weighted by Gasteiger charge is 2.37. The molecule has 88 valence electrons. The van der Waals surface area contributed by atoms with Gasteiger partial charge in [0, 0.05) is 5.56 Å². The summed E-state index contributed by atoms with van der Waals surface area (Å²) in [5.41, 5.74) is -0.676. The van der Waals surface area contributed by atoms with E-state index in [1.54, 1.807) is 19.1 Å². The molecule has 0 bridgehead atoms. The van der Waals surface area contributed by atoms with Crippen molar-refractivity contribution in [2.24, 2.45) is 5.92 Å². The largest absolute Gasteiger partial charge is 0.382 e. The number of carbonyl (C=O) groups excluding carboxylic acids is 1. The maximum atomic E-state index is 12.2. The number of Topliss-reactive ketones (excluding diaryl/α,β-unsaturated/α-hetero) is 1. The fourth-order valence-corrected chi connectivity index (χ4v) is 2.15. The standard InChI is InChI=1S/C14H20O2/c1-4-12(5-2)14(3,16)13(15)11-9-7-6-8-10-11/h6-10,12,16H,4-5H2,1-3H3. The fourth-order valence-electron chi connectivity index (χ4n) is 2.15. The van der Waals surface area contributed by atoms with Crippen LogP contribution >= 0.6 is 0 Å². The van der Waals surface area contributed by atoms with Crippen molar-refractivity contribution < 1.29 is 9.90 Å². The van der Waals surface area contributed by atoms with Crippen molar-refractivity contribution >= 4 is 5.78 Å². The molecule has 1 aromatic carbocycles. The molecule has 0 radical (unpaired) electrons. The summed E-state index contributed by atoms with van der Waals surface area (Å²) in [5.74, 6) is -0.165. The highest BCUT2D eigenvalue weighted by atomic mass is 16.3. The van der Waals surface area contributed by atoms with Crippen LogP contribution in [0.25, 0.3) is 0 Å². The smallest absolute Gasteiger partial charge is 0.194 e. The molecule has 0 aliphatic heterocycles. The molecule has 1 rings (SSSR count). The number of benzene rings is 1. The maximum absolute atomic E-state index is 12.2. The van der Waals surface area contributed by atoms with Crippen LogP contribution in [-0.2, 0) is 0 Å². The molecule has 2 heteroatoms. The first kappa shape index (κ1) is 12.9. The molecular formula is C14H20O2. The summed E-state index contributed by atoms with van der Waals surface area (Å²) in [5, 5.41) is 10.3. The van der Waals surface area contributed by atoms with E-state index >= 15 is 0 Å². The van der Waals surface area contributed by atoms with Gasteiger partial charge in [-0.05, 0) is 12.8 Å². The van der Waals surface area contributed by atoms with E-state index in [0.717, 1.165) is 12.8 Å². The predicted octanol–water partition coefficient (Wildman–Crippen LogP) is 3.06. The lowest BCUT2D eigenvalue weighted by Crippen LogP contribution is -2.42. The van der Waals surface area contributed by atoms with Crippen LogP contribution in [-0.4, -0.2) is 16.5 Å².